The fourth-order valence-corrected chi connectivity index (χ4v) is 2.36. The minimum absolute atomic E-state index is 0.224. The Morgan fingerprint density at radius 3 is 2.76 bits per heavy atom. The number of amides is 1. The fraction of sp³-hybridized carbons (Fsp3) is 0.467. The van der Waals surface area contributed by atoms with Crippen molar-refractivity contribution >= 4 is 11.6 Å². The first-order valence-corrected chi connectivity index (χ1v) is 7.21. The lowest BCUT2D eigenvalue weighted by atomic mass is 10.3. The molecule has 2 aromatic heterocycles. The number of halogens is 1. The maximum atomic E-state index is 13.4. The van der Waals surface area contributed by atoms with Crippen LogP contribution in [-0.4, -0.2) is 46.4 Å². The van der Waals surface area contributed by atoms with Crippen molar-refractivity contribution < 1.29 is 9.18 Å². The number of hydrogen-bond acceptors (Lipinski definition) is 3. The molecular formula is C15H21FN4O. The van der Waals surface area contributed by atoms with E-state index < -0.39 is 5.82 Å². The van der Waals surface area contributed by atoms with Crippen LogP contribution in [0.4, 0.5) is 4.39 Å². The molecule has 21 heavy (non-hydrogen) atoms. The average molecular weight is 292 g/mol. The third kappa shape index (κ3) is 3.39. The molecule has 114 valence electrons. The van der Waals surface area contributed by atoms with Gasteiger partial charge in [-0.3, -0.25) is 9.20 Å². The van der Waals surface area contributed by atoms with Gasteiger partial charge in [0.1, 0.15) is 17.2 Å². The van der Waals surface area contributed by atoms with Crippen LogP contribution in [0.5, 0.6) is 0 Å². The highest BCUT2D eigenvalue weighted by Crippen LogP contribution is 2.13. The van der Waals surface area contributed by atoms with Crippen molar-refractivity contribution in [3.63, 3.8) is 0 Å². The first-order valence-electron chi connectivity index (χ1n) is 7.21. The van der Waals surface area contributed by atoms with E-state index in [1.54, 1.807) is 13.0 Å². The zero-order valence-electron chi connectivity index (χ0n) is 12.7. The second-order valence-corrected chi connectivity index (χ2v) is 4.90. The van der Waals surface area contributed by atoms with Gasteiger partial charge in [-0.05, 0) is 32.1 Å². The lowest BCUT2D eigenvalue weighted by molar-refractivity contribution is 0.0942. The van der Waals surface area contributed by atoms with Gasteiger partial charge in [0, 0.05) is 19.3 Å². The zero-order chi connectivity index (χ0) is 15.4. The normalized spacial score (nSPS) is 11.3. The van der Waals surface area contributed by atoms with Gasteiger partial charge in [0.25, 0.3) is 5.91 Å². The number of carbonyl (C=O) groups is 1. The summed E-state index contributed by atoms with van der Waals surface area (Å²) < 4.78 is 14.8. The Kier molecular flexibility index (Phi) is 4.90. The van der Waals surface area contributed by atoms with Crippen LogP contribution in [0.2, 0.25) is 0 Å². The number of imidazole rings is 1. The minimum Gasteiger partial charge on any atom is -0.349 e. The Bertz CT molecular complexity index is 634. The highest BCUT2D eigenvalue weighted by molar-refractivity contribution is 5.94. The van der Waals surface area contributed by atoms with Gasteiger partial charge in [-0.2, -0.15) is 0 Å². The number of aromatic nitrogens is 2. The monoisotopic (exact) mass is 292 g/mol. The number of nitrogens with zero attached hydrogens (tertiary/aromatic N) is 3. The molecule has 2 rings (SSSR count). The summed E-state index contributed by atoms with van der Waals surface area (Å²) in [5.74, 6) is -0.616. The van der Waals surface area contributed by atoms with Crippen molar-refractivity contribution in [3.8, 4) is 0 Å². The van der Waals surface area contributed by atoms with Gasteiger partial charge in [-0.25, -0.2) is 9.37 Å². The second kappa shape index (κ2) is 6.67. The Labute approximate surface area is 123 Å². The lowest BCUT2D eigenvalue weighted by Gasteiger charge is -2.17. The van der Waals surface area contributed by atoms with E-state index in [1.165, 1.54) is 16.7 Å². The smallest absolute Gasteiger partial charge is 0.270 e. The van der Waals surface area contributed by atoms with Gasteiger partial charge in [-0.1, -0.05) is 13.8 Å². The van der Waals surface area contributed by atoms with Crippen molar-refractivity contribution in [3.05, 3.63) is 35.5 Å². The van der Waals surface area contributed by atoms with E-state index in [2.05, 4.69) is 29.0 Å². The molecule has 0 fully saturated rings. The quantitative estimate of drug-likeness (QED) is 0.884. The number of nitrogens with one attached hydrogen (secondary N) is 1. The summed E-state index contributed by atoms with van der Waals surface area (Å²) in [4.78, 5) is 18.8. The van der Waals surface area contributed by atoms with Gasteiger partial charge in [0.15, 0.2) is 0 Å². The number of aryl methyl sites for hydroxylation is 1. The summed E-state index contributed by atoms with van der Waals surface area (Å²) in [5, 5.41) is 2.87. The highest BCUT2D eigenvalue weighted by Gasteiger charge is 2.16. The average Bonchev–Trinajstić information content (AvgIpc) is 2.78. The van der Waals surface area contributed by atoms with Gasteiger partial charge >= 0.3 is 0 Å². The molecule has 0 aromatic carbocycles. The van der Waals surface area contributed by atoms with E-state index >= 15 is 0 Å². The van der Waals surface area contributed by atoms with E-state index in [4.69, 9.17) is 0 Å². The maximum absolute atomic E-state index is 13.4. The van der Waals surface area contributed by atoms with Gasteiger partial charge in [0.2, 0.25) is 0 Å². The molecule has 5 nitrogen and oxygen atoms in total. The van der Waals surface area contributed by atoms with E-state index in [0.29, 0.717) is 23.6 Å². The molecule has 0 bridgehead atoms. The molecule has 0 atom stereocenters. The molecule has 0 saturated carbocycles. The predicted molar refractivity (Wildman–Crippen MR) is 80.0 cm³/mol. The fourth-order valence-electron chi connectivity index (χ4n) is 2.36. The number of rotatable bonds is 6. The first kappa shape index (κ1) is 15.4. The number of carbonyl (C=O) groups excluding carboxylic acids is 1. The SMILES string of the molecule is CCN(CC)CCNC(=O)c1c(C)nc2ccc(F)cn12. The lowest BCUT2D eigenvalue weighted by Crippen LogP contribution is -2.35. The summed E-state index contributed by atoms with van der Waals surface area (Å²) in [6.07, 6.45) is 1.29. The summed E-state index contributed by atoms with van der Waals surface area (Å²) in [6.45, 7) is 9.18. The summed E-state index contributed by atoms with van der Waals surface area (Å²) in [5.41, 5.74) is 1.56. The van der Waals surface area contributed by atoms with Gasteiger partial charge < -0.3 is 10.2 Å². The second-order valence-electron chi connectivity index (χ2n) is 4.90. The Hall–Kier alpha value is -1.95. The number of fused-ring (bicyclic) bond motifs is 1. The van der Waals surface area contributed by atoms with Crippen LogP contribution in [0.3, 0.4) is 0 Å². The molecule has 1 amide bonds. The molecule has 1 N–H and O–H groups in total. The van der Waals surface area contributed by atoms with Crippen LogP contribution in [0.1, 0.15) is 30.0 Å². The van der Waals surface area contributed by atoms with E-state index in [9.17, 15) is 9.18 Å². The molecule has 2 aromatic rings. The molecule has 0 aliphatic carbocycles. The third-order valence-corrected chi connectivity index (χ3v) is 3.58. The first-order chi connectivity index (χ1) is 10.1. The molecule has 0 unspecified atom stereocenters. The minimum atomic E-state index is -0.392. The van der Waals surface area contributed by atoms with E-state index in [0.717, 1.165) is 19.6 Å². The van der Waals surface area contributed by atoms with Crippen LogP contribution in [0.25, 0.3) is 5.65 Å². The van der Waals surface area contributed by atoms with Crippen molar-refractivity contribution in [2.75, 3.05) is 26.2 Å². The topological polar surface area (TPSA) is 49.6 Å². The molecule has 0 spiro atoms. The summed E-state index contributed by atoms with van der Waals surface area (Å²) >= 11 is 0. The van der Waals surface area contributed by atoms with Crippen LogP contribution in [-0.2, 0) is 0 Å². The largest absolute Gasteiger partial charge is 0.349 e. The number of likely N-dealkylation sites (N-methyl/N-ethyl adjacent to an activating group) is 1. The van der Waals surface area contributed by atoms with Crippen LogP contribution < -0.4 is 5.32 Å². The molecular weight excluding hydrogens is 271 g/mol. The Balaban J connectivity index is 2.12. The Morgan fingerprint density at radius 1 is 1.38 bits per heavy atom. The molecule has 0 aliphatic heterocycles. The standard InChI is InChI=1S/C15H21FN4O/c1-4-19(5-2)9-8-17-15(21)14-11(3)18-13-7-6-12(16)10-20(13)14/h6-7,10H,4-5,8-9H2,1-3H3,(H,17,21). The Morgan fingerprint density at radius 2 is 2.10 bits per heavy atom. The van der Waals surface area contributed by atoms with Gasteiger partial charge in [0.05, 0.1) is 5.69 Å². The molecule has 0 radical (unpaired) electrons. The molecule has 6 heteroatoms. The molecule has 2 heterocycles. The molecule has 0 aliphatic rings. The maximum Gasteiger partial charge on any atom is 0.270 e. The van der Waals surface area contributed by atoms with Crippen molar-refractivity contribution in [2.24, 2.45) is 0 Å². The van der Waals surface area contributed by atoms with Crippen molar-refractivity contribution in [1.29, 1.82) is 0 Å². The van der Waals surface area contributed by atoms with Crippen LogP contribution in [0.15, 0.2) is 18.3 Å². The predicted octanol–water partition coefficient (Wildman–Crippen LogP) is 1.85. The molecule has 0 saturated heterocycles. The van der Waals surface area contributed by atoms with Crippen molar-refractivity contribution in [2.45, 2.75) is 20.8 Å². The van der Waals surface area contributed by atoms with Crippen LogP contribution >= 0.6 is 0 Å². The van der Waals surface area contributed by atoms with Gasteiger partial charge in [-0.15, -0.1) is 0 Å². The summed E-state index contributed by atoms with van der Waals surface area (Å²) in [7, 11) is 0. The van der Waals surface area contributed by atoms with E-state index in [-0.39, 0.29) is 5.91 Å². The third-order valence-electron chi connectivity index (χ3n) is 3.58. The number of hydrogen-bond donors (Lipinski definition) is 1. The van der Waals surface area contributed by atoms with Crippen molar-refractivity contribution in [1.82, 2.24) is 19.6 Å². The van der Waals surface area contributed by atoms with Crippen LogP contribution in [0, 0.1) is 12.7 Å². The number of pyridine rings is 1. The van der Waals surface area contributed by atoms with E-state index in [1.807, 2.05) is 0 Å². The zero-order valence-corrected chi connectivity index (χ0v) is 12.7. The summed E-state index contributed by atoms with van der Waals surface area (Å²) in [6, 6.07) is 2.90. The highest BCUT2D eigenvalue weighted by atomic mass is 19.1.